The molecule has 2 atom stereocenters. The zero-order valence-corrected chi connectivity index (χ0v) is 13.1. The average Bonchev–Trinajstić information content (AvgIpc) is 3.25. The van der Waals surface area contributed by atoms with Gasteiger partial charge in [0.15, 0.2) is 0 Å². The number of aromatic nitrogens is 2. The topological polar surface area (TPSA) is 66.1 Å². The van der Waals surface area contributed by atoms with Crippen LogP contribution in [-0.2, 0) is 17.6 Å². The first kappa shape index (κ1) is 14.0. The van der Waals surface area contributed by atoms with Gasteiger partial charge in [0.1, 0.15) is 5.82 Å². The Morgan fingerprint density at radius 1 is 1.18 bits per heavy atom. The summed E-state index contributed by atoms with van der Waals surface area (Å²) in [5, 5.41) is 0. The van der Waals surface area contributed by atoms with Crippen LogP contribution in [0.15, 0.2) is 4.79 Å². The molecule has 0 saturated heterocycles. The molecule has 2 aliphatic carbocycles. The van der Waals surface area contributed by atoms with E-state index in [9.17, 15) is 9.59 Å². The second-order valence-corrected chi connectivity index (χ2v) is 7.04. The summed E-state index contributed by atoms with van der Waals surface area (Å²) in [7, 11) is 0. The van der Waals surface area contributed by atoms with Crippen molar-refractivity contribution in [3.05, 3.63) is 27.4 Å². The van der Waals surface area contributed by atoms with E-state index in [4.69, 9.17) is 0 Å². The largest absolute Gasteiger partial charge is 0.342 e. The Morgan fingerprint density at radius 3 is 2.59 bits per heavy atom. The highest BCUT2D eigenvalue weighted by atomic mass is 16.2. The van der Waals surface area contributed by atoms with Crippen molar-refractivity contribution in [2.45, 2.75) is 45.4 Å². The lowest BCUT2D eigenvalue weighted by molar-refractivity contribution is -0.133. The summed E-state index contributed by atoms with van der Waals surface area (Å²) in [6.07, 6.45) is 6.37. The van der Waals surface area contributed by atoms with Crippen LogP contribution >= 0.6 is 0 Å². The summed E-state index contributed by atoms with van der Waals surface area (Å²) in [6, 6.07) is 0. The van der Waals surface area contributed by atoms with E-state index in [1.165, 1.54) is 25.7 Å². The number of carbonyl (C=O) groups excluding carboxylic acids is 1. The normalized spacial score (nSPS) is 30.2. The summed E-state index contributed by atoms with van der Waals surface area (Å²) in [6.45, 7) is 3.18. The lowest BCUT2D eigenvalue weighted by Gasteiger charge is -2.20. The Balaban J connectivity index is 1.49. The molecule has 1 aromatic rings. The molecule has 22 heavy (non-hydrogen) atoms. The molecule has 0 bridgehead atoms. The van der Waals surface area contributed by atoms with Crippen LogP contribution in [0.2, 0.25) is 0 Å². The average molecular weight is 301 g/mol. The number of nitrogens with zero attached hydrogens (tertiary/aromatic N) is 2. The molecular weight excluding hydrogens is 278 g/mol. The van der Waals surface area contributed by atoms with Gasteiger partial charge in [-0.05, 0) is 38.0 Å². The van der Waals surface area contributed by atoms with Gasteiger partial charge >= 0.3 is 0 Å². The van der Waals surface area contributed by atoms with Crippen molar-refractivity contribution in [2.24, 2.45) is 17.8 Å². The number of H-pyrrole nitrogens is 1. The molecule has 3 aliphatic rings. The summed E-state index contributed by atoms with van der Waals surface area (Å²) in [4.78, 5) is 34.1. The minimum atomic E-state index is -0.0307. The van der Waals surface area contributed by atoms with Gasteiger partial charge in [-0.1, -0.05) is 12.8 Å². The van der Waals surface area contributed by atoms with Gasteiger partial charge in [-0.25, -0.2) is 4.98 Å². The Kier molecular flexibility index (Phi) is 3.31. The van der Waals surface area contributed by atoms with Gasteiger partial charge in [0.05, 0.1) is 5.69 Å². The highest BCUT2D eigenvalue weighted by molar-refractivity contribution is 5.82. The number of carbonyl (C=O) groups is 1. The van der Waals surface area contributed by atoms with Gasteiger partial charge in [0.25, 0.3) is 5.56 Å². The smallest absolute Gasteiger partial charge is 0.254 e. The molecular formula is C17H23N3O2. The number of nitrogens with one attached hydrogen (secondary N) is 1. The van der Waals surface area contributed by atoms with Crippen LogP contribution in [-0.4, -0.2) is 33.9 Å². The molecule has 5 nitrogen and oxygen atoms in total. The third kappa shape index (κ3) is 2.27. The SMILES string of the molecule is Cc1nc2c(c(=O)[nH]1)CCN(C(=O)C1[C@@H]3CCCC[C@@H]13)CC2. The maximum Gasteiger partial charge on any atom is 0.254 e. The monoisotopic (exact) mass is 301 g/mol. The molecule has 5 heteroatoms. The first-order valence-electron chi connectivity index (χ1n) is 8.52. The molecule has 1 aromatic heterocycles. The maximum absolute atomic E-state index is 12.8. The van der Waals surface area contributed by atoms with E-state index in [2.05, 4.69) is 9.97 Å². The van der Waals surface area contributed by atoms with E-state index in [1.807, 2.05) is 11.8 Å². The minimum absolute atomic E-state index is 0.0307. The molecule has 2 saturated carbocycles. The lowest BCUT2D eigenvalue weighted by Crippen LogP contribution is -2.35. The molecule has 4 rings (SSSR count). The molecule has 0 spiro atoms. The van der Waals surface area contributed by atoms with Gasteiger partial charge in [0, 0.05) is 31.0 Å². The second-order valence-electron chi connectivity index (χ2n) is 7.04. The van der Waals surface area contributed by atoms with Crippen molar-refractivity contribution >= 4 is 5.91 Å². The van der Waals surface area contributed by atoms with E-state index in [1.54, 1.807) is 0 Å². The number of aromatic amines is 1. The van der Waals surface area contributed by atoms with E-state index >= 15 is 0 Å². The zero-order chi connectivity index (χ0) is 15.3. The number of hydrogen-bond acceptors (Lipinski definition) is 3. The number of aryl methyl sites for hydroxylation is 1. The maximum atomic E-state index is 12.8. The number of fused-ring (bicyclic) bond motifs is 2. The minimum Gasteiger partial charge on any atom is -0.342 e. The summed E-state index contributed by atoms with van der Waals surface area (Å²) in [5.74, 6) is 2.57. The molecule has 1 N–H and O–H groups in total. The molecule has 0 radical (unpaired) electrons. The number of rotatable bonds is 1. The first-order chi connectivity index (χ1) is 10.6. The van der Waals surface area contributed by atoms with Crippen LogP contribution in [0.3, 0.4) is 0 Å². The van der Waals surface area contributed by atoms with E-state index in [-0.39, 0.29) is 11.5 Å². The van der Waals surface area contributed by atoms with Gasteiger partial charge in [-0.2, -0.15) is 0 Å². The number of amides is 1. The van der Waals surface area contributed by atoms with E-state index < -0.39 is 0 Å². The van der Waals surface area contributed by atoms with Crippen LogP contribution in [0.25, 0.3) is 0 Å². The van der Waals surface area contributed by atoms with Gasteiger partial charge in [-0.3, -0.25) is 9.59 Å². The standard InChI is InChI=1S/C17H23N3O2/c1-10-18-14-7-9-20(8-6-13(14)16(21)19-10)17(22)15-11-4-2-3-5-12(11)15/h11-12,15H,2-9H2,1H3,(H,18,19,21)/t11-,12-/m1/s1. The second kappa shape index (κ2) is 5.21. The van der Waals surface area contributed by atoms with Crippen molar-refractivity contribution in [2.75, 3.05) is 13.1 Å². The van der Waals surface area contributed by atoms with Crippen molar-refractivity contribution in [1.82, 2.24) is 14.9 Å². The fourth-order valence-corrected chi connectivity index (χ4v) is 4.52. The van der Waals surface area contributed by atoms with Crippen LogP contribution in [0.4, 0.5) is 0 Å². The predicted octanol–water partition coefficient (Wildman–Crippen LogP) is 1.44. The molecule has 0 unspecified atom stereocenters. The van der Waals surface area contributed by atoms with Crippen LogP contribution in [0.5, 0.6) is 0 Å². The highest BCUT2D eigenvalue weighted by Gasteiger charge is 2.55. The Bertz CT molecular complexity index is 654. The third-order valence-electron chi connectivity index (χ3n) is 5.72. The molecule has 0 aromatic carbocycles. The van der Waals surface area contributed by atoms with E-state index in [0.717, 1.165) is 11.3 Å². The zero-order valence-electron chi connectivity index (χ0n) is 13.1. The van der Waals surface area contributed by atoms with Crippen molar-refractivity contribution in [3.63, 3.8) is 0 Å². The van der Waals surface area contributed by atoms with Gasteiger partial charge in [-0.15, -0.1) is 0 Å². The predicted molar refractivity (Wildman–Crippen MR) is 82.5 cm³/mol. The third-order valence-corrected chi connectivity index (χ3v) is 5.72. The Morgan fingerprint density at radius 2 is 1.86 bits per heavy atom. The molecule has 118 valence electrons. The van der Waals surface area contributed by atoms with Gasteiger partial charge < -0.3 is 9.88 Å². The van der Waals surface area contributed by atoms with Crippen LogP contribution in [0, 0.1) is 24.7 Å². The highest BCUT2D eigenvalue weighted by Crippen LogP contribution is 2.56. The molecule has 2 fully saturated rings. The van der Waals surface area contributed by atoms with Gasteiger partial charge in [0.2, 0.25) is 5.91 Å². The quantitative estimate of drug-likeness (QED) is 0.853. The molecule has 1 amide bonds. The lowest BCUT2D eigenvalue weighted by atomic mass is 10.0. The Labute approximate surface area is 130 Å². The fourth-order valence-electron chi connectivity index (χ4n) is 4.52. The molecule has 2 heterocycles. The van der Waals surface area contributed by atoms with Crippen molar-refractivity contribution in [1.29, 1.82) is 0 Å². The summed E-state index contributed by atoms with van der Waals surface area (Å²) in [5.41, 5.74) is 1.62. The van der Waals surface area contributed by atoms with E-state index in [0.29, 0.717) is 49.5 Å². The fraction of sp³-hybridized carbons (Fsp3) is 0.706. The summed E-state index contributed by atoms with van der Waals surface area (Å²) < 4.78 is 0. The first-order valence-corrected chi connectivity index (χ1v) is 8.52. The number of hydrogen-bond donors (Lipinski definition) is 1. The molecule has 1 aliphatic heterocycles. The van der Waals surface area contributed by atoms with Crippen LogP contribution in [0.1, 0.15) is 42.8 Å². The van der Waals surface area contributed by atoms with Crippen molar-refractivity contribution < 1.29 is 4.79 Å². The van der Waals surface area contributed by atoms with Crippen LogP contribution < -0.4 is 5.56 Å². The summed E-state index contributed by atoms with van der Waals surface area (Å²) >= 11 is 0. The Hall–Kier alpha value is -1.65. The van der Waals surface area contributed by atoms with Crippen molar-refractivity contribution in [3.8, 4) is 0 Å².